The van der Waals surface area contributed by atoms with Crippen LogP contribution in [0.25, 0.3) is 0 Å². The normalized spacial score (nSPS) is 17.6. The van der Waals surface area contributed by atoms with Crippen molar-refractivity contribution in [1.82, 2.24) is 9.29 Å². The summed E-state index contributed by atoms with van der Waals surface area (Å²) in [6, 6.07) is 20.4. The van der Waals surface area contributed by atoms with Gasteiger partial charge in [-0.15, -0.1) is 0 Å². The fourth-order valence-electron chi connectivity index (χ4n) is 3.85. The van der Waals surface area contributed by atoms with E-state index >= 15 is 0 Å². The number of aromatic nitrogens is 1. The third-order valence-electron chi connectivity index (χ3n) is 5.46. The average Bonchev–Trinajstić information content (AvgIpc) is 2.79. The van der Waals surface area contributed by atoms with Gasteiger partial charge in [-0.2, -0.15) is 4.31 Å². The SMILES string of the molecule is Cc1ccc(S(=O)(=O)N2CCCCC2c2cccnc2OCc2ccccc2)cc1. The first-order valence-electron chi connectivity index (χ1n) is 10.3. The van der Waals surface area contributed by atoms with E-state index in [0.29, 0.717) is 23.9 Å². The second-order valence-corrected chi connectivity index (χ2v) is 9.50. The van der Waals surface area contributed by atoms with Gasteiger partial charge in [-0.1, -0.05) is 60.5 Å². The van der Waals surface area contributed by atoms with Gasteiger partial charge >= 0.3 is 0 Å². The van der Waals surface area contributed by atoms with E-state index in [-0.39, 0.29) is 6.04 Å². The predicted molar refractivity (Wildman–Crippen MR) is 117 cm³/mol. The molecule has 3 aromatic rings. The Morgan fingerprint density at radius 3 is 2.53 bits per heavy atom. The minimum absolute atomic E-state index is 0.287. The van der Waals surface area contributed by atoms with Gasteiger partial charge in [-0.05, 0) is 43.5 Å². The van der Waals surface area contributed by atoms with Crippen molar-refractivity contribution < 1.29 is 13.2 Å². The summed E-state index contributed by atoms with van der Waals surface area (Å²) < 4.78 is 34.5. The van der Waals surface area contributed by atoms with Gasteiger partial charge in [0.1, 0.15) is 6.61 Å². The highest BCUT2D eigenvalue weighted by Crippen LogP contribution is 2.38. The van der Waals surface area contributed by atoms with Gasteiger partial charge in [0, 0.05) is 18.3 Å². The quantitative estimate of drug-likeness (QED) is 0.568. The topological polar surface area (TPSA) is 59.5 Å². The van der Waals surface area contributed by atoms with E-state index < -0.39 is 10.0 Å². The van der Waals surface area contributed by atoms with Gasteiger partial charge < -0.3 is 4.74 Å². The van der Waals surface area contributed by atoms with Crippen molar-refractivity contribution in [3.63, 3.8) is 0 Å². The van der Waals surface area contributed by atoms with E-state index in [9.17, 15) is 8.42 Å². The molecule has 0 N–H and O–H groups in total. The highest BCUT2D eigenvalue weighted by Gasteiger charge is 2.36. The maximum absolute atomic E-state index is 13.4. The largest absolute Gasteiger partial charge is 0.473 e. The Morgan fingerprint density at radius 2 is 1.77 bits per heavy atom. The van der Waals surface area contributed by atoms with E-state index in [0.717, 1.165) is 36.0 Å². The van der Waals surface area contributed by atoms with Gasteiger partial charge in [0.2, 0.25) is 15.9 Å². The molecule has 156 valence electrons. The minimum Gasteiger partial charge on any atom is -0.473 e. The highest BCUT2D eigenvalue weighted by molar-refractivity contribution is 7.89. The average molecular weight is 423 g/mol. The fraction of sp³-hybridized carbons (Fsp3) is 0.292. The summed E-state index contributed by atoms with van der Waals surface area (Å²) in [4.78, 5) is 4.76. The van der Waals surface area contributed by atoms with Crippen molar-refractivity contribution in [2.75, 3.05) is 6.54 Å². The number of ether oxygens (including phenoxy) is 1. The number of hydrogen-bond donors (Lipinski definition) is 0. The van der Waals surface area contributed by atoms with Crippen LogP contribution in [0.2, 0.25) is 0 Å². The Balaban J connectivity index is 1.64. The molecule has 1 aliphatic rings. The fourth-order valence-corrected chi connectivity index (χ4v) is 5.53. The van der Waals surface area contributed by atoms with Crippen molar-refractivity contribution in [2.24, 2.45) is 0 Å². The van der Waals surface area contributed by atoms with Crippen LogP contribution in [0.3, 0.4) is 0 Å². The Morgan fingerprint density at radius 1 is 1.00 bits per heavy atom. The molecule has 1 atom stereocenters. The molecule has 1 unspecified atom stereocenters. The summed E-state index contributed by atoms with van der Waals surface area (Å²) >= 11 is 0. The van der Waals surface area contributed by atoms with E-state index in [4.69, 9.17) is 4.74 Å². The van der Waals surface area contributed by atoms with Crippen molar-refractivity contribution in [3.8, 4) is 5.88 Å². The lowest BCUT2D eigenvalue weighted by molar-refractivity contribution is 0.236. The Bertz CT molecular complexity index is 1080. The lowest BCUT2D eigenvalue weighted by Crippen LogP contribution is -2.38. The van der Waals surface area contributed by atoms with E-state index in [1.807, 2.05) is 61.5 Å². The van der Waals surface area contributed by atoms with Crippen LogP contribution in [-0.4, -0.2) is 24.3 Å². The smallest absolute Gasteiger partial charge is 0.243 e. The lowest BCUT2D eigenvalue weighted by Gasteiger charge is -2.35. The number of hydrogen-bond acceptors (Lipinski definition) is 4. The van der Waals surface area contributed by atoms with E-state index in [2.05, 4.69) is 4.98 Å². The molecule has 2 aromatic carbocycles. The highest BCUT2D eigenvalue weighted by atomic mass is 32.2. The zero-order chi connectivity index (χ0) is 21.0. The van der Waals surface area contributed by atoms with Crippen LogP contribution < -0.4 is 4.74 Å². The minimum atomic E-state index is -3.61. The Labute approximate surface area is 178 Å². The maximum Gasteiger partial charge on any atom is 0.243 e. The van der Waals surface area contributed by atoms with Crippen LogP contribution in [-0.2, 0) is 16.6 Å². The first-order valence-corrected chi connectivity index (χ1v) is 11.7. The van der Waals surface area contributed by atoms with Crippen molar-refractivity contribution in [3.05, 3.63) is 89.6 Å². The molecule has 1 aliphatic heterocycles. The molecule has 1 saturated heterocycles. The zero-order valence-electron chi connectivity index (χ0n) is 17.1. The van der Waals surface area contributed by atoms with Gasteiger partial charge in [-0.3, -0.25) is 0 Å². The van der Waals surface area contributed by atoms with Crippen LogP contribution in [0.4, 0.5) is 0 Å². The summed E-state index contributed by atoms with van der Waals surface area (Å²) in [7, 11) is -3.61. The maximum atomic E-state index is 13.4. The lowest BCUT2D eigenvalue weighted by atomic mass is 9.98. The molecule has 2 heterocycles. The Hall–Kier alpha value is -2.70. The van der Waals surface area contributed by atoms with Crippen molar-refractivity contribution in [1.29, 1.82) is 0 Å². The van der Waals surface area contributed by atoms with Crippen molar-refractivity contribution in [2.45, 2.75) is 43.7 Å². The number of pyridine rings is 1. The molecule has 5 nitrogen and oxygen atoms in total. The second-order valence-electron chi connectivity index (χ2n) is 7.61. The number of piperidine rings is 1. The molecule has 0 saturated carbocycles. The summed E-state index contributed by atoms with van der Waals surface area (Å²) in [5.41, 5.74) is 2.90. The molecule has 4 rings (SSSR count). The number of nitrogens with zero attached hydrogens (tertiary/aromatic N) is 2. The summed E-state index contributed by atoms with van der Waals surface area (Å²) in [6.07, 6.45) is 4.25. The standard InChI is InChI=1S/C24H26N2O3S/c1-19-12-14-21(15-13-19)30(27,28)26-17-6-5-11-23(26)22-10-7-16-25-24(22)29-18-20-8-3-2-4-9-20/h2-4,7-10,12-16,23H,5-6,11,17-18H2,1H3. The van der Waals surface area contributed by atoms with Gasteiger partial charge in [-0.25, -0.2) is 13.4 Å². The van der Waals surface area contributed by atoms with E-state index in [1.165, 1.54) is 0 Å². The molecule has 0 radical (unpaired) electrons. The molecule has 6 heteroatoms. The number of rotatable bonds is 6. The monoisotopic (exact) mass is 422 g/mol. The number of aryl methyl sites for hydroxylation is 1. The van der Waals surface area contributed by atoms with Crippen LogP contribution >= 0.6 is 0 Å². The van der Waals surface area contributed by atoms with Crippen LogP contribution in [0.15, 0.2) is 77.8 Å². The predicted octanol–water partition coefficient (Wildman–Crippen LogP) is 4.88. The molecule has 0 bridgehead atoms. The van der Waals surface area contributed by atoms with Crippen LogP contribution in [0.1, 0.15) is 42.0 Å². The molecular weight excluding hydrogens is 396 g/mol. The summed E-state index contributed by atoms with van der Waals surface area (Å²) in [5, 5.41) is 0. The molecule has 0 spiro atoms. The first-order chi connectivity index (χ1) is 14.6. The third-order valence-corrected chi connectivity index (χ3v) is 7.38. The van der Waals surface area contributed by atoms with Crippen LogP contribution in [0, 0.1) is 6.92 Å². The Kier molecular flexibility index (Phi) is 6.16. The number of sulfonamides is 1. The molecule has 1 aromatic heterocycles. The van der Waals surface area contributed by atoms with Crippen molar-refractivity contribution >= 4 is 10.0 Å². The van der Waals surface area contributed by atoms with E-state index in [1.54, 1.807) is 22.6 Å². The summed E-state index contributed by atoms with van der Waals surface area (Å²) in [6.45, 7) is 2.84. The first kappa shape index (κ1) is 20.6. The summed E-state index contributed by atoms with van der Waals surface area (Å²) in [5.74, 6) is 0.498. The molecular formula is C24H26N2O3S. The third kappa shape index (κ3) is 4.40. The second kappa shape index (κ2) is 8.98. The van der Waals surface area contributed by atoms with Gasteiger partial charge in [0.25, 0.3) is 0 Å². The number of benzene rings is 2. The molecule has 0 aliphatic carbocycles. The zero-order valence-corrected chi connectivity index (χ0v) is 17.9. The van der Waals surface area contributed by atoms with Gasteiger partial charge in [0.15, 0.2) is 0 Å². The molecule has 30 heavy (non-hydrogen) atoms. The van der Waals surface area contributed by atoms with Crippen LogP contribution in [0.5, 0.6) is 5.88 Å². The molecule has 1 fully saturated rings. The van der Waals surface area contributed by atoms with Gasteiger partial charge in [0.05, 0.1) is 10.9 Å². The molecule has 0 amide bonds.